The molecule has 2 N–H and O–H groups in total. The van der Waals surface area contributed by atoms with E-state index in [0.717, 1.165) is 13.0 Å². The SMILES string of the molecule is O=C[NH2+]Cc1ccccc1. The Morgan fingerprint density at radius 1 is 1.30 bits per heavy atom. The number of benzene rings is 1. The Labute approximate surface area is 59.9 Å². The Morgan fingerprint density at radius 2 is 2.00 bits per heavy atom. The van der Waals surface area contributed by atoms with Crippen molar-refractivity contribution in [1.29, 1.82) is 0 Å². The molecular weight excluding hydrogens is 126 g/mol. The van der Waals surface area contributed by atoms with Gasteiger partial charge in [0.15, 0.2) is 0 Å². The van der Waals surface area contributed by atoms with Crippen LogP contribution in [0.1, 0.15) is 5.56 Å². The third-order valence-electron chi connectivity index (χ3n) is 1.29. The van der Waals surface area contributed by atoms with Crippen molar-refractivity contribution < 1.29 is 10.1 Å². The fraction of sp³-hybridized carbons (Fsp3) is 0.125. The first-order valence-corrected chi connectivity index (χ1v) is 3.24. The fourth-order valence-electron chi connectivity index (χ4n) is 0.798. The highest BCUT2D eigenvalue weighted by atomic mass is 16.1. The quantitative estimate of drug-likeness (QED) is 0.579. The standard InChI is InChI=1S/C8H9NO/c10-7-9-6-8-4-2-1-3-5-8/h1-5,7H,6H2,(H,9,10)/p+1. The minimum absolute atomic E-state index is 0.740. The van der Waals surface area contributed by atoms with E-state index in [1.807, 2.05) is 30.3 Å². The monoisotopic (exact) mass is 136 g/mol. The second-order valence-electron chi connectivity index (χ2n) is 2.06. The second kappa shape index (κ2) is 3.80. The zero-order chi connectivity index (χ0) is 7.23. The summed E-state index contributed by atoms with van der Waals surface area (Å²) in [6.45, 7) is 0.740. The van der Waals surface area contributed by atoms with Crippen molar-refractivity contribution in [3.8, 4) is 0 Å². The van der Waals surface area contributed by atoms with Gasteiger partial charge < -0.3 is 0 Å². The van der Waals surface area contributed by atoms with Crippen LogP contribution in [0.15, 0.2) is 30.3 Å². The summed E-state index contributed by atoms with van der Waals surface area (Å²) in [5.41, 5.74) is 1.18. The molecule has 1 aromatic carbocycles. The summed E-state index contributed by atoms with van der Waals surface area (Å²) in [6, 6.07) is 9.90. The van der Waals surface area contributed by atoms with Crippen molar-refractivity contribution in [2.75, 3.05) is 0 Å². The lowest BCUT2D eigenvalue weighted by Gasteiger charge is -1.92. The van der Waals surface area contributed by atoms with Gasteiger partial charge in [-0.2, -0.15) is 0 Å². The van der Waals surface area contributed by atoms with Gasteiger partial charge in [-0.15, -0.1) is 0 Å². The van der Waals surface area contributed by atoms with E-state index in [4.69, 9.17) is 0 Å². The molecule has 1 rings (SSSR count). The maximum absolute atomic E-state index is 9.92. The van der Waals surface area contributed by atoms with Gasteiger partial charge in [-0.05, 0) is 0 Å². The summed E-state index contributed by atoms with van der Waals surface area (Å²) in [4.78, 5) is 9.92. The molecule has 0 saturated heterocycles. The van der Waals surface area contributed by atoms with E-state index in [1.165, 1.54) is 5.56 Å². The topological polar surface area (TPSA) is 33.7 Å². The number of primary amides is 1. The molecule has 52 valence electrons. The number of quaternary nitrogens is 1. The van der Waals surface area contributed by atoms with Crippen LogP contribution in [0, 0.1) is 0 Å². The number of hydrogen-bond donors (Lipinski definition) is 1. The van der Waals surface area contributed by atoms with E-state index < -0.39 is 0 Å². The van der Waals surface area contributed by atoms with Crippen LogP contribution >= 0.6 is 0 Å². The third-order valence-corrected chi connectivity index (χ3v) is 1.29. The number of carbonyl (C=O) groups excluding carboxylic acids is 1. The molecular formula is C8H10NO+. The molecule has 0 atom stereocenters. The highest BCUT2D eigenvalue weighted by Gasteiger charge is 1.89. The summed E-state index contributed by atoms with van der Waals surface area (Å²) in [5.74, 6) is 0. The summed E-state index contributed by atoms with van der Waals surface area (Å²) in [5, 5.41) is 1.61. The number of amides is 1. The van der Waals surface area contributed by atoms with Crippen LogP contribution in [0.5, 0.6) is 0 Å². The Kier molecular flexibility index (Phi) is 2.64. The number of rotatable bonds is 3. The Balaban J connectivity index is 2.50. The van der Waals surface area contributed by atoms with Gasteiger partial charge in [0.2, 0.25) is 0 Å². The molecule has 1 amide bonds. The average Bonchev–Trinajstić information content (AvgIpc) is 2.03. The third kappa shape index (κ3) is 1.99. The van der Waals surface area contributed by atoms with Crippen LogP contribution in [-0.2, 0) is 11.3 Å². The molecule has 0 aliphatic rings. The van der Waals surface area contributed by atoms with Gasteiger partial charge in [0, 0.05) is 5.56 Å². The van der Waals surface area contributed by atoms with Crippen molar-refractivity contribution in [2.24, 2.45) is 0 Å². The number of hydrogen-bond acceptors (Lipinski definition) is 1. The molecule has 2 nitrogen and oxygen atoms in total. The lowest BCUT2D eigenvalue weighted by Crippen LogP contribution is -2.80. The Morgan fingerprint density at radius 3 is 2.60 bits per heavy atom. The maximum Gasteiger partial charge on any atom is 0.298 e. The van der Waals surface area contributed by atoms with E-state index in [-0.39, 0.29) is 0 Å². The number of nitrogens with two attached hydrogens (primary N) is 1. The molecule has 2 heteroatoms. The fourth-order valence-corrected chi connectivity index (χ4v) is 0.798. The Bertz CT molecular complexity index is 196. The molecule has 0 aliphatic heterocycles. The lowest BCUT2D eigenvalue weighted by atomic mass is 10.2. The lowest BCUT2D eigenvalue weighted by molar-refractivity contribution is -0.571. The molecule has 0 aliphatic carbocycles. The van der Waals surface area contributed by atoms with Gasteiger partial charge in [-0.25, -0.2) is 4.79 Å². The summed E-state index contributed by atoms with van der Waals surface area (Å²) in [7, 11) is 0. The molecule has 0 heterocycles. The zero-order valence-corrected chi connectivity index (χ0v) is 5.66. The van der Waals surface area contributed by atoms with Gasteiger partial charge in [-0.3, -0.25) is 5.32 Å². The second-order valence-corrected chi connectivity index (χ2v) is 2.06. The van der Waals surface area contributed by atoms with Crippen molar-refractivity contribution in [3.63, 3.8) is 0 Å². The van der Waals surface area contributed by atoms with Gasteiger partial charge in [0.05, 0.1) is 0 Å². The van der Waals surface area contributed by atoms with Gasteiger partial charge in [0.1, 0.15) is 6.54 Å². The first-order valence-electron chi connectivity index (χ1n) is 3.24. The molecule has 0 spiro atoms. The molecule has 0 unspecified atom stereocenters. The van der Waals surface area contributed by atoms with Crippen molar-refractivity contribution in [1.82, 2.24) is 0 Å². The van der Waals surface area contributed by atoms with Crippen LogP contribution in [0.25, 0.3) is 0 Å². The summed E-state index contributed by atoms with van der Waals surface area (Å²) >= 11 is 0. The van der Waals surface area contributed by atoms with Crippen molar-refractivity contribution in [2.45, 2.75) is 6.54 Å². The van der Waals surface area contributed by atoms with Crippen LogP contribution in [-0.4, -0.2) is 6.41 Å². The first-order chi connectivity index (χ1) is 4.93. The van der Waals surface area contributed by atoms with Gasteiger partial charge in [-0.1, -0.05) is 30.3 Å². The molecule has 0 bridgehead atoms. The molecule has 0 radical (unpaired) electrons. The van der Waals surface area contributed by atoms with Crippen LogP contribution in [0.3, 0.4) is 0 Å². The van der Waals surface area contributed by atoms with Crippen LogP contribution in [0.4, 0.5) is 0 Å². The van der Waals surface area contributed by atoms with Crippen LogP contribution < -0.4 is 5.32 Å². The minimum Gasteiger partial charge on any atom is -0.282 e. The zero-order valence-electron chi connectivity index (χ0n) is 5.66. The van der Waals surface area contributed by atoms with E-state index in [9.17, 15) is 4.79 Å². The largest absolute Gasteiger partial charge is 0.298 e. The van der Waals surface area contributed by atoms with Crippen molar-refractivity contribution in [3.05, 3.63) is 35.9 Å². The molecule has 1 aromatic rings. The van der Waals surface area contributed by atoms with E-state index in [2.05, 4.69) is 0 Å². The molecule has 0 saturated carbocycles. The molecule has 0 fully saturated rings. The van der Waals surface area contributed by atoms with Crippen molar-refractivity contribution >= 4 is 6.41 Å². The first kappa shape index (κ1) is 6.96. The van der Waals surface area contributed by atoms with E-state index >= 15 is 0 Å². The predicted octanol–water partition coefficient (Wildman–Crippen LogP) is -0.0936. The average molecular weight is 136 g/mol. The predicted molar refractivity (Wildman–Crippen MR) is 38.1 cm³/mol. The van der Waals surface area contributed by atoms with Gasteiger partial charge in [0.25, 0.3) is 6.41 Å². The number of carbonyl (C=O) groups is 1. The van der Waals surface area contributed by atoms with E-state index in [0.29, 0.717) is 0 Å². The highest BCUT2D eigenvalue weighted by Crippen LogP contribution is 1.93. The normalized spacial score (nSPS) is 9.20. The van der Waals surface area contributed by atoms with Crippen LogP contribution in [0.2, 0.25) is 0 Å². The molecule has 0 aromatic heterocycles. The smallest absolute Gasteiger partial charge is 0.282 e. The maximum atomic E-state index is 9.92. The summed E-state index contributed by atoms with van der Waals surface area (Å²) < 4.78 is 0. The Hall–Kier alpha value is -1.15. The minimum atomic E-state index is 0.740. The molecule has 10 heavy (non-hydrogen) atoms. The van der Waals surface area contributed by atoms with Gasteiger partial charge >= 0.3 is 0 Å². The summed E-state index contributed by atoms with van der Waals surface area (Å²) in [6.07, 6.45) is 0.826. The van der Waals surface area contributed by atoms with E-state index in [1.54, 1.807) is 5.32 Å². The highest BCUT2D eigenvalue weighted by molar-refractivity contribution is 5.31.